The van der Waals surface area contributed by atoms with Crippen molar-refractivity contribution < 1.29 is 9.21 Å². The van der Waals surface area contributed by atoms with Crippen LogP contribution in [0.25, 0.3) is 0 Å². The summed E-state index contributed by atoms with van der Waals surface area (Å²) in [4.78, 5) is 22.9. The fourth-order valence-electron chi connectivity index (χ4n) is 1.94. The van der Waals surface area contributed by atoms with Gasteiger partial charge in [0.1, 0.15) is 11.3 Å². The summed E-state index contributed by atoms with van der Waals surface area (Å²) < 4.78 is 5.10. The SMILES string of the molecule is CCCCc1c(C)oc(=O)c(C(C)=O)c1C. The summed E-state index contributed by atoms with van der Waals surface area (Å²) in [6, 6.07) is 0. The third-order valence-corrected chi connectivity index (χ3v) is 2.83. The molecule has 1 rings (SSSR count). The van der Waals surface area contributed by atoms with Gasteiger partial charge in [-0.1, -0.05) is 13.3 Å². The first kappa shape index (κ1) is 12.7. The minimum absolute atomic E-state index is 0.205. The van der Waals surface area contributed by atoms with Gasteiger partial charge in [0.15, 0.2) is 5.78 Å². The van der Waals surface area contributed by atoms with Gasteiger partial charge in [0.2, 0.25) is 0 Å². The summed E-state index contributed by atoms with van der Waals surface area (Å²) in [5.74, 6) is 0.421. The van der Waals surface area contributed by atoms with E-state index in [9.17, 15) is 9.59 Å². The molecule has 1 heterocycles. The molecule has 1 aromatic rings. The number of carbonyl (C=O) groups is 1. The Balaban J connectivity index is 3.33. The van der Waals surface area contributed by atoms with Crippen LogP contribution in [0.1, 0.15) is 53.9 Å². The Labute approximate surface area is 95.5 Å². The van der Waals surface area contributed by atoms with E-state index in [4.69, 9.17) is 4.42 Å². The molecule has 0 aromatic carbocycles. The number of hydrogen-bond acceptors (Lipinski definition) is 3. The fraction of sp³-hybridized carbons (Fsp3) is 0.538. The summed E-state index contributed by atoms with van der Waals surface area (Å²) in [7, 11) is 0. The van der Waals surface area contributed by atoms with E-state index in [-0.39, 0.29) is 11.3 Å². The lowest BCUT2D eigenvalue weighted by Gasteiger charge is -2.10. The lowest BCUT2D eigenvalue weighted by Crippen LogP contribution is -2.17. The highest BCUT2D eigenvalue weighted by Gasteiger charge is 2.16. The maximum atomic E-state index is 11.5. The molecule has 0 fully saturated rings. The van der Waals surface area contributed by atoms with Crippen molar-refractivity contribution in [2.75, 3.05) is 0 Å². The third-order valence-electron chi connectivity index (χ3n) is 2.83. The standard InChI is InChI=1S/C13H18O3/c1-5-6-7-11-8(2)12(9(3)14)13(15)16-10(11)4/h5-7H2,1-4H3. The van der Waals surface area contributed by atoms with E-state index in [0.29, 0.717) is 5.76 Å². The molecule has 0 spiro atoms. The van der Waals surface area contributed by atoms with Gasteiger partial charge in [0, 0.05) is 0 Å². The number of aryl methyl sites for hydroxylation is 1. The number of Topliss-reactive ketones (excluding diaryl/α,β-unsaturated/α-hetero) is 1. The Kier molecular flexibility index (Phi) is 4.05. The van der Waals surface area contributed by atoms with Crippen molar-refractivity contribution in [1.82, 2.24) is 0 Å². The fourth-order valence-corrected chi connectivity index (χ4v) is 1.94. The molecule has 3 nitrogen and oxygen atoms in total. The molecule has 0 amide bonds. The van der Waals surface area contributed by atoms with Crippen molar-refractivity contribution >= 4 is 5.78 Å². The number of carbonyl (C=O) groups excluding carboxylic acids is 1. The maximum absolute atomic E-state index is 11.5. The van der Waals surface area contributed by atoms with Gasteiger partial charge in [-0.15, -0.1) is 0 Å². The number of hydrogen-bond donors (Lipinski definition) is 0. The lowest BCUT2D eigenvalue weighted by atomic mass is 9.98. The summed E-state index contributed by atoms with van der Waals surface area (Å²) in [6.45, 7) is 7.11. The molecule has 1 aromatic heterocycles. The summed E-state index contributed by atoms with van der Waals surface area (Å²) >= 11 is 0. The van der Waals surface area contributed by atoms with Crippen LogP contribution in [0.15, 0.2) is 9.21 Å². The second-order valence-corrected chi connectivity index (χ2v) is 4.08. The molecule has 88 valence electrons. The van der Waals surface area contributed by atoms with Crippen molar-refractivity contribution in [1.29, 1.82) is 0 Å². The molecule has 16 heavy (non-hydrogen) atoms. The molecule has 3 heteroatoms. The molecule has 0 aliphatic rings. The average Bonchev–Trinajstić information content (AvgIpc) is 2.16. The second kappa shape index (κ2) is 5.10. The van der Waals surface area contributed by atoms with E-state index >= 15 is 0 Å². The Bertz CT molecular complexity index is 455. The predicted molar refractivity (Wildman–Crippen MR) is 63.1 cm³/mol. The van der Waals surface area contributed by atoms with Gasteiger partial charge >= 0.3 is 5.63 Å². The zero-order valence-electron chi connectivity index (χ0n) is 10.3. The first-order valence-electron chi connectivity index (χ1n) is 5.63. The zero-order chi connectivity index (χ0) is 12.3. The number of rotatable bonds is 4. The summed E-state index contributed by atoms with van der Waals surface area (Å²) in [5, 5.41) is 0. The van der Waals surface area contributed by atoms with Crippen LogP contribution >= 0.6 is 0 Å². The van der Waals surface area contributed by atoms with Crippen LogP contribution in [-0.4, -0.2) is 5.78 Å². The molecular weight excluding hydrogens is 204 g/mol. The van der Waals surface area contributed by atoms with E-state index in [0.717, 1.165) is 30.4 Å². The van der Waals surface area contributed by atoms with E-state index in [1.165, 1.54) is 6.92 Å². The highest BCUT2D eigenvalue weighted by molar-refractivity contribution is 5.95. The van der Waals surface area contributed by atoms with Gasteiger partial charge in [0.25, 0.3) is 0 Å². The summed E-state index contributed by atoms with van der Waals surface area (Å²) in [6.07, 6.45) is 2.97. The second-order valence-electron chi connectivity index (χ2n) is 4.08. The Morgan fingerprint density at radius 1 is 1.31 bits per heavy atom. The van der Waals surface area contributed by atoms with Crippen molar-refractivity contribution in [3.8, 4) is 0 Å². The molecule has 0 atom stereocenters. The molecule has 0 saturated carbocycles. The Morgan fingerprint density at radius 3 is 2.44 bits per heavy atom. The highest BCUT2D eigenvalue weighted by Crippen LogP contribution is 2.17. The first-order valence-corrected chi connectivity index (χ1v) is 5.63. The Hall–Kier alpha value is -1.38. The minimum Gasteiger partial charge on any atom is -0.427 e. The smallest absolute Gasteiger partial charge is 0.347 e. The highest BCUT2D eigenvalue weighted by atomic mass is 16.4. The number of ketones is 1. The largest absolute Gasteiger partial charge is 0.427 e. The van der Waals surface area contributed by atoms with Crippen LogP contribution in [0.3, 0.4) is 0 Å². The van der Waals surface area contributed by atoms with E-state index in [2.05, 4.69) is 6.92 Å². The van der Waals surface area contributed by atoms with Crippen molar-refractivity contribution in [2.24, 2.45) is 0 Å². The van der Waals surface area contributed by atoms with E-state index in [1.54, 1.807) is 6.92 Å². The molecule has 0 N–H and O–H groups in total. The van der Waals surface area contributed by atoms with Crippen LogP contribution in [0.5, 0.6) is 0 Å². The monoisotopic (exact) mass is 222 g/mol. The quantitative estimate of drug-likeness (QED) is 0.736. The van der Waals surface area contributed by atoms with Gasteiger partial charge in [-0.25, -0.2) is 4.79 Å². The van der Waals surface area contributed by atoms with Crippen LogP contribution < -0.4 is 5.63 Å². The van der Waals surface area contributed by atoms with Gasteiger partial charge in [-0.2, -0.15) is 0 Å². The lowest BCUT2D eigenvalue weighted by molar-refractivity contribution is 0.101. The number of unbranched alkanes of at least 4 members (excludes halogenated alkanes) is 1. The predicted octanol–water partition coefficient (Wildman–Crippen LogP) is 2.80. The molecule has 0 radical (unpaired) electrons. The normalized spacial score (nSPS) is 10.5. The molecule has 0 unspecified atom stereocenters. The van der Waals surface area contributed by atoms with Crippen molar-refractivity contribution in [3.63, 3.8) is 0 Å². The van der Waals surface area contributed by atoms with Gasteiger partial charge in [0.05, 0.1) is 0 Å². The van der Waals surface area contributed by atoms with Crippen molar-refractivity contribution in [3.05, 3.63) is 32.9 Å². The maximum Gasteiger partial charge on any atom is 0.347 e. The van der Waals surface area contributed by atoms with Crippen LogP contribution in [0.2, 0.25) is 0 Å². The zero-order valence-corrected chi connectivity index (χ0v) is 10.3. The summed E-state index contributed by atoms with van der Waals surface area (Å²) in [5.41, 5.74) is 1.49. The van der Waals surface area contributed by atoms with E-state index < -0.39 is 5.63 Å². The van der Waals surface area contributed by atoms with Gasteiger partial charge in [-0.05, 0) is 44.7 Å². The van der Waals surface area contributed by atoms with Gasteiger partial charge in [-0.3, -0.25) is 4.79 Å². The molecule has 0 bridgehead atoms. The Morgan fingerprint density at radius 2 is 1.94 bits per heavy atom. The van der Waals surface area contributed by atoms with Crippen LogP contribution in [0, 0.1) is 13.8 Å². The van der Waals surface area contributed by atoms with Crippen LogP contribution in [0.4, 0.5) is 0 Å². The van der Waals surface area contributed by atoms with Crippen molar-refractivity contribution in [2.45, 2.75) is 47.0 Å². The molecule has 0 aliphatic carbocycles. The van der Waals surface area contributed by atoms with E-state index in [1.807, 2.05) is 6.92 Å². The minimum atomic E-state index is -0.511. The van der Waals surface area contributed by atoms with Gasteiger partial charge < -0.3 is 4.42 Å². The molecular formula is C13H18O3. The molecule has 0 saturated heterocycles. The third kappa shape index (κ3) is 2.40. The first-order chi connectivity index (χ1) is 7.49. The van der Waals surface area contributed by atoms with Crippen LogP contribution in [-0.2, 0) is 6.42 Å². The average molecular weight is 222 g/mol. The topological polar surface area (TPSA) is 47.3 Å². The molecule has 0 aliphatic heterocycles.